The van der Waals surface area contributed by atoms with E-state index in [1.165, 1.54) is 22.3 Å². The topological polar surface area (TPSA) is 75.6 Å². The number of rotatable bonds is 11. The van der Waals surface area contributed by atoms with Gasteiger partial charge in [-0.25, -0.2) is 0 Å². The number of aliphatic carboxylic acids is 1. The van der Waals surface area contributed by atoms with Gasteiger partial charge in [-0.15, -0.1) is 0 Å². The summed E-state index contributed by atoms with van der Waals surface area (Å²) >= 11 is 0. The number of amides is 1. The second-order valence-corrected chi connectivity index (χ2v) is 12.7. The van der Waals surface area contributed by atoms with Crippen LogP contribution in [0, 0.1) is 37.0 Å². The molecule has 3 rings (SSSR count). The third kappa shape index (κ3) is 8.98. The molecular weight excluding hydrogens is 486 g/mol. The van der Waals surface area contributed by atoms with Crippen LogP contribution in [0.1, 0.15) is 83.4 Å². The number of carbonyl (C=O) groups is 2. The van der Waals surface area contributed by atoms with Crippen molar-refractivity contribution in [1.82, 2.24) is 5.32 Å². The first-order valence-electron chi connectivity index (χ1n) is 14.4. The summed E-state index contributed by atoms with van der Waals surface area (Å²) in [6, 6.07) is 4.33. The highest BCUT2D eigenvalue weighted by Gasteiger charge is 2.26. The third-order valence-electron chi connectivity index (χ3n) is 7.75. The average molecular weight is 534 g/mol. The van der Waals surface area contributed by atoms with Crippen LogP contribution in [0.5, 0.6) is 5.75 Å². The molecule has 1 amide bonds. The van der Waals surface area contributed by atoms with Crippen LogP contribution in [0.25, 0.3) is 5.57 Å². The maximum Gasteiger partial charge on any atom is 0.305 e. The van der Waals surface area contributed by atoms with Crippen molar-refractivity contribution in [2.24, 2.45) is 23.2 Å². The smallest absolute Gasteiger partial charge is 0.305 e. The standard InChI is InChI=1S/C34H47NO4/c1-22(2)25-8-12-27(13-9-25)32-23(3)20-29(21-24(32)4)39-30(16-18-34(5,6)7)26-10-14-28(15-11-26)33(38)35-19-17-31(36)37/h8,10,12-15,20-22,25-26,30H,9,11,16-19H2,1-7H3,(H,35,38)(H,36,37). The van der Waals surface area contributed by atoms with Crippen LogP contribution in [0.15, 0.2) is 54.2 Å². The Kier molecular flexibility index (Phi) is 10.4. The zero-order valence-corrected chi connectivity index (χ0v) is 24.8. The minimum Gasteiger partial charge on any atom is -0.490 e. The lowest BCUT2D eigenvalue weighted by molar-refractivity contribution is -0.136. The number of allylic oxidation sites excluding steroid dienone is 5. The number of ether oxygens (including phenoxy) is 1. The molecule has 2 aliphatic rings. The van der Waals surface area contributed by atoms with Crippen molar-refractivity contribution in [3.05, 3.63) is 70.9 Å². The Morgan fingerprint density at radius 3 is 2.18 bits per heavy atom. The highest BCUT2D eigenvalue weighted by molar-refractivity contribution is 5.96. The lowest BCUT2D eigenvalue weighted by atomic mass is 9.83. The molecule has 1 aromatic rings. The van der Waals surface area contributed by atoms with E-state index < -0.39 is 5.97 Å². The Morgan fingerprint density at radius 2 is 1.67 bits per heavy atom. The molecule has 3 unspecified atom stereocenters. The van der Waals surface area contributed by atoms with E-state index in [2.05, 4.69) is 90.2 Å². The van der Waals surface area contributed by atoms with Gasteiger partial charge in [-0.05, 0) is 91.2 Å². The first-order chi connectivity index (χ1) is 18.3. The van der Waals surface area contributed by atoms with Crippen molar-refractivity contribution in [3.8, 4) is 5.75 Å². The van der Waals surface area contributed by atoms with Gasteiger partial charge >= 0.3 is 5.97 Å². The predicted octanol–water partition coefficient (Wildman–Crippen LogP) is 7.59. The Balaban J connectivity index is 1.74. The minimum atomic E-state index is -0.924. The zero-order valence-electron chi connectivity index (χ0n) is 24.8. The summed E-state index contributed by atoms with van der Waals surface area (Å²) in [4.78, 5) is 23.2. The van der Waals surface area contributed by atoms with Crippen molar-refractivity contribution in [2.75, 3.05) is 6.54 Å². The van der Waals surface area contributed by atoms with Crippen molar-refractivity contribution in [1.29, 1.82) is 0 Å². The predicted molar refractivity (Wildman–Crippen MR) is 160 cm³/mol. The molecule has 0 aliphatic heterocycles. The summed E-state index contributed by atoms with van der Waals surface area (Å²) in [5.41, 5.74) is 5.80. The normalized spacial score (nSPS) is 19.9. The van der Waals surface area contributed by atoms with Gasteiger partial charge in [0.25, 0.3) is 5.91 Å². The van der Waals surface area contributed by atoms with E-state index in [0.717, 1.165) is 25.0 Å². The molecule has 212 valence electrons. The molecule has 5 nitrogen and oxygen atoms in total. The van der Waals surface area contributed by atoms with Crippen LogP contribution in [-0.4, -0.2) is 29.6 Å². The fourth-order valence-electron chi connectivity index (χ4n) is 5.34. The van der Waals surface area contributed by atoms with Gasteiger partial charge in [0.2, 0.25) is 0 Å². The Labute approximate surface area is 235 Å². The van der Waals surface area contributed by atoms with E-state index in [1.54, 1.807) is 0 Å². The molecule has 2 aliphatic carbocycles. The van der Waals surface area contributed by atoms with Crippen LogP contribution in [-0.2, 0) is 9.59 Å². The quantitative estimate of drug-likeness (QED) is 0.307. The van der Waals surface area contributed by atoms with Crippen LogP contribution in [0.2, 0.25) is 0 Å². The highest BCUT2D eigenvalue weighted by atomic mass is 16.5. The van der Waals surface area contributed by atoms with E-state index in [1.807, 2.05) is 12.2 Å². The molecule has 2 N–H and O–H groups in total. The molecule has 0 radical (unpaired) electrons. The molecule has 0 heterocycles. The van der Waals surface area contributed by atoms with Gasteiger partial charge in [0.1, 0.15) is 11.9 Å². The first kappa shape index (κ1) is 30.5. The number of aryl methyl sites for hydroxylation is 2. The second kappa shape index (κ2) is 13.3. The average Bonchev–Trinajstić information content (AvgIpc) is 2.85. The molecule has 0 saturated heterocycles. The molecule has 0 saturated carbocycles. The number of hydrogen-bond donors (Lipinski definition) is 2. The van der Waals surface area contributed by atoms with Gasteiger partial charge in [0.05, 0.1) is 6.42 Å². The lowest BCUT2D eigenvalue weighted by Crippen LogP contribution is -2.30. The van der Waals surface area contributed by atoms with Crippen LogP contribution in [0.3, 0.4) is 0 Å². The fourth-order valence-corrected chi connectivity index (χ4v) is 5.34. The van der Waals surface area contributed by atoms with E-state index in [0.29, 0.717) is 23.8 Å². The van der Waals surface area contributed by atoms with Crippen LogP contribution < -0.4 is 10.1 Å². The van der Waals surface area contributed by atoms with Gasteiger partial charge < -0.3 is 15.2 Å². The second-order valence-electron chi connectivity index (χ2n) is 12.7. The van der Waals surface area contributed by atoms with E-state index >= 15 is 0 Å². The first-order valence-corrected chi connectivity index (χ1v) is 14.4. The Hall–Kier alpha value is -3.08. The molecule has 5 heteroatoms. The van der Waals surface area contributed by atoms with Crippen molar-refractivity contribution >= 4 is 17.4 Å². The zero-order chi connectivity index (χ0) is 28.7. The molecule has 0 spiro atoms. The lowest BCUT2D eigenvalue weighted by Gasteiger charge is -2.30. The number of carbonyl (C=O) groups excluding carboxylic acids is 1. The molecule has 0 fully saturated rings. The Bertz CT molecular complexity index is 1140. The summed E-state index contributed by atoms with van der Waals surface area (Å²) in [5, 5.41) is 11.5. The van der Waals surface area contributed by atoms with Gasteiger partial charge in [0, 0.05) is 18.0 Å². The summed E-state index contributed by atoms with van der Waals surface area (Å²) in [6.07, 6.45) is 16.5. The van der Waals surface area contributed by atoms with E-state index in [9.17, 15) is 9.59 Å². The Morgan fingerprint density at radius 1 is 1.03 bits per heavy atom. The summed E-state index contributed by atoms with van der Waals surface area (Å²) in [7, 11) is 0. The van der Waals surface area contributed by atoms with Crippen LogP contribution >= 0.6 is 0 Å². The van der Waals surface area contributed by atoms with Gasteiger partial charge in [-0.3, -0.25) is 9.59 Å². The molecule has 3 atom stereocenters. The third-order valence-corrected chi connectivity index (χ3v) is 7.75. The van der Waals surface area contributed by atoms with Crippen molar-refractivity contribution in [2.45, 2.75) is 86.7 Å². The largest absolute Gasteiger partial charge is 0.490 e. The molecular formula is C34H47NO4. The molecule has 0 aromatic heterocycles. The van der Waals surface area contributed by atoms with Gasteiger partial charge in [-0.2, -0.15) is 0 Å². The monoisotopic (exact) mass is 533 g/mol. The number of carboxylic acid groups (broad SMARTS) is 1. The fraction of sp³-hybridized carbons (Fsp3) is 0.529. The maximum absolute atomic E-state index is 12.4. The number of carboxylic acids is 1. The summed E-state index contributed by atoms with van der Waals surface area (Å²) in [6.45, 7) is 15.8. The molecule has 0 bridgehead atoms. The minimum absolute atomic E-state index is 0.0152. The maximum atomic E-state index is 12.4. The number of benzene rings is 1. The number of hydrogen-bond acceptors (Lipinski definition) is 3. The van der Waals surface area contributed by atoms with E-state index in [4.69, 9.17) is 9.84 Å². The highest BCUT2D eigenvalue weighted by Crippen LogP contribution is 2.35. The van der Waals surface area contributed by atoms with Crippen molar-refractivity contribution < 1.29 is 19.4 Å². The van der Waals surface area contributed by atoms with E-state index in [-0.39, 0.29) is 36.3 Å². The number of nitrogens with one attached hydrogen (secondary N) is 1. The summed E-state index contributed by atoms with van der Waals surface area (Å²) < 4.78 is 6.71. The summed E-state index contributed by atoms with van der Waals surface area (Å²) in [5.74, 6) is 1.14. The molecule has 39 heavy (non-hydrogen) atoms. The van der Waals surface area contributed by atoms with Gasteiger partial charge in [-0.1, -0.05) is 71.1 Å². The van der Waals surface area contributed by atoms with Crippen molar-refractivity contribution in [3.63, 3.8) is 0 Å². The van der Waals surface area contributed by atoms with Gasteiger partial charge in [0.15, 0.2) is 0 Å². The van der Waals surface area contributed by atoms with Crippen LogP contribution in [0.4, 0.5) is 0 Å². The molecule has 1 aromatic carbocycles. The SMILES string of the molecule is Cc1cc(OC(CCC(C)(C)C)C2C=CC(C(=O)NCCC(=O)O)=CC2)cc(C)c1C1=CCC(C(C)C)C=C1.